The van der Waals surface area contributed by atoms with E-state index < -0.39 is 0 Å². The SMILES string of the molecule is CCCc1coc(C=O)c1. The van der Waals surface area contributed by atoms with E-state index in [1.807, 2.05) is 0 Å². The highest BCUT2D eigenvalue weighted by Crippen LogP contribution is 2.07. The Hall–Kier alpha value is -1.05. The first-order valence-corrected chi connectivity index (χ1v) is 3.39. The molecule has 2 nitrogen and oxygen atoms in total. The molecule has 0 aromatic carbocycles. The van der Waals surface area contributed by atoms with Crippen molar-refractivity contribution >= 4 is 6.29 Å². The summed E-state index contributed by atoms with van der Waals surface area (Å²) < 4.78 is 4.90. The van der Waals surface area contributed by atoms with Crippen LogP contribution in [0.1, 0.15) is 29.5 Å². The van der Waals surface area contributed by atoms with Gasteiger partial charge in [-0.05, 0) is 18.1 Å². The zero-order valence-corrected chi connectivity index (χ0v) is 5.96. The Balaban J connectivity index is 2.68. The lowest BCUT2D eigenvalue weighted by molar-refractivity contribution is 0.110. The lowest BCUT2D eigenvalue weighted by Crippen LogP contribution is -1.76. The summed E-state index contributed by atoms with van der Waals surface area (Å²) in [5, 5.41) is 0. The van der Waals surface area contributed by atoms with Crippen LogP contribution >= 0.6 is 0 Å². The molecule has 0 amide bonds. The number of carbonyl (C=O) groups is 1. The van der Waals surface area contributed by atoms with Gasteiger partial charge in [-0.3, -0.25) is 4.79 Å². The molecule has 1 heterocycles. The van der Waals surface area contributed by atoms with E-state index in [9.17, 15) is 4.79 Å². The summed E-state index contributed by atoms with van der Waals surface area (Å²) in [7, 11) is 0. The molecule has 1 aromatic rings. The van der Waals surface area contributed by atoms with Crippen LogP contribution in [0.25, 0.3) is 0 Å². The van der Waals surface area contributed by atoms with Crippen LogP contribution in [0.3, 0.4) is 0 Å². The smallest absolute Gasteiger partial charge is 0.185 e. The van der Waals surface area contributed by atoms with Gasteiger partial charge in [0.25, 0.3) is 0 Å². The second-order valence-corrected chi connectivity index (χ2v) is 2.23. The number of rotatable bonds is 3. The predicted molar refractivity (Wildman–Crippen MR) is 38.1 cm³/mol. The Kier molecular flexibility index (Phi) is 2.26. The van der Waals surface area contributed by atoms with Gasteiger partial charge < -0.3 is 4.42 Å². The molecule has 0 N–H and O–H groups in total. The molecule has 0 aliphatic rings. The van der Waals surface area contributed by atoms with Crippen LogP contribution in [-0.2, 0) is 6.42 Å². The van der Waals surface area contributed by atoms with Crippen LogP contribution in [0.4, 0.5) is 0 Å². The standard InChI is InChI=1S/C8H10O2/c1-2-3-7-4-8(5-9)10-6-7/h4-6H,2-3H2,1H3. The van der Waals surface area contributed by atoms with Gasteiger partial charge in [-0.2, -0.15) is 0 Å². The summed E-state index contributed by atoms with van der Waals surface area (Å²) in [5.41, 5.74) is 1.10. The third-order valence-corrected chi connectivity index (χ3v) is 1.33. The fourth-order valence-corrected chi connectivity index (χ4v) is 0.876. The monoisotopic (exact) mass is 138 g/mol. The van der Waals surface area contributed by atoms with Crippen LogP contribution in [0.5, 0.6) is 0 Å². The maximum atomic E-state index is 10.1. The van der Waals surface area contributed by atoms with Gasteiger partial charge in [0.15, 0.2) is 12.0 Å². The maximum Gasteiger partial charge on any atom is 0.185 e. The van der Waals surface area contributed by atoms with Gasteiger partial charge in [-0.15, -0.1) is 0 Å². The zero-order chi connectivity index (χ0) is 7.40. The Morgan fingerprint density at radius 3 is 3.00 bits per heavy atom. The Bertz CT molecular complexity index is 213. The van der Waals surface area contributed by atoms with Crippen LogP contribution in [-0.4, -0.2) is 6.29 Å². The minimum absolute atomic E-state index is 0.420. The van der Waals surface area contributed by atoms with Crippen LogP contribution in [0, 0.1) is 0 Å². The van der Waals surface area contributed by atoms with Crippen molar-refractivity contribution in [2.75, 3.05) is 0 Å². The fourth-order valence-electron chi connectivity index (χ4n) is 0.876. The van der Waals surface area contributed by atoms with Crippen molar-refractivity contribution in [2.45, 2.75) is 19.8 Å². The molecule has 1 rings (SSSR count). The van der Waals surface area contributed by atoms with Gasteiger partial charge in [0, 0.05) is 0 Å². The quantitative estimate of drug-likeness (QED) is 0.598. The third kappa shape index (κ3) is 1.47. The van der Waals surface area contributed by atoms with Crippen molar-refractivity contribution in [1.82, 2.24) is 0 Å². The molecule has 10 heavy (non-hydrogen) atoms. The van der Waals surface area contributed by atoms with E-state index in [1.54, 1.807) is 12.3 Å². The molecular weight excluding hydrogens is 128 g/mol. The highest BCUT2D eigenvalue weighted by Gasteiger charge is 1.97. The molecule has 0 saturated carbocycles. The second-order valence-electron chi connectivity index (χ2n) is 2.23. The lowest BCUT2D eigenvalue weighted by Gasteiger charge is -1.84. The van der Waals surface area contributed by atoms with E-state index in [-0.39, 0.29) is 0 Å². The largest absolute Gasteiger partial charge is 0.461 e. The van der Waals surface area contributed by atoms with E-state index in [4.69, 9.17) is 4.42 Å². The number of carbonyl (C=O) groups excluding carboxylic acids is 1. The van der Waals surface area contributed by atoms with Crippen molar-refractivity contribution in [3.63, 3.8) is 0 Å². The maximum absolute atomic E-state index is 10.1. The molecular formula is C8H10O2. The molecule has 0 aliphatic heterocycles. The fraction of sp³-hybridized carbons (Fsp3) is 0.375. The molecule has 0 atom stereocenters. The lowest BCUT2D eigenvalue weighted by atomic mass is 10.2. The summed E-state index contributed by atoms with van der Waals surface area (Å²) in [6.07, 6.45) is 4.42. The van der Waals surface area contributed by atoms with E-state index in [1.165, 1.54) is 0 Å². The molecule has 0 spiro atoms. The zero-order valence-electron chi connectivity index (χ0n) is 5.96. The van der Waals surface area contributed by atoms with Gasteiger partial charge in [-0.25, -0.2) is 0 Å². The van der Waals surface area contributed by atoms with Crippen molar-refractivity contribution in [1.29, 1.82) is 0 Å². The van der Waals surface area contributed by atoms with Gasteiger partial charge in [0.05, 0.1) is 6.26 Å². The van der Waals surface area contributed by atoms with Gasteiger partial charge in [-0.1, -0.05) is 13.3 Å². The second kappa shape index (κ2) is 3.20. The van der Waals surface area contributed by atoms with Gasteiger partial charge in [0.1, 0.15) is 0 Å². The highest BCUT2D eigenvalue weighted by atomic mass is 16.3. The first-order chi connectivity index (χ1) is 4.86. The van der Waals surface area contributed by atoms with Crippen molar-refractivity contribution in [2.24, 2.45) is 0 Å². The van der Waals surface area contributed by atoms with E-state index in [0.29, 0.717) is 5.76 Å². The van der Waals surface area contributed by atoms with Crippen LogP contribution < -0.4 is 0 Å². The molecule has 0 bridgehead atoms. The van der Waals surface area contributed by atoms with Gasteiger partial charge >= 0.3 is 0 Å². The molecule has 0 unspecified atom stereocenters. The minimum atomic E-state index is 0.420. The summed E-state index contributed by atoms with van der Waals surface area (Å²) >= 11 is 0. The van der Waals surface area contributed by atoms with Crippen molar-refractivity contribution in [3.05, 3.63) is 23.7 Å². The predicted octanol–water partition coefficient (Wildman–Crippen LogP) is 2.04. The molecule has 0 aliphatic carbocycles. The number of aldehydes is 1. The molecule has 0 saturated heterocycles. The van der Waals surface area contributed by atoms with Crippen LogP contribution in [0.15, 0.2) is 16.7 Å². The Morgan fingerprint density at radius 1 is 1.70 bits per heavy atom. The Labute approximate surface area is 59.8 Å². The summed E-state index contributed by atoms with van der Waals surface area (Å²) in [6, 6.07) is 1.77. The average molecular weight is 138 g/mol. The first kappa shape index (κ1) is 7.06. The number of furan rings is 1. The Morgan fingerprint density at radius 2 is 2.50 bits per heavy atom. The molecule has 1 aromatic heterocycles. The molecule has 0 radical (unpaired) electrons. The van der Waals surface area contributed by atoms with Crippen molar-refractivity contribution in [3.8, 4) is 0 Å². The number of hydrogen-bond acceptors (Lipinski definition) is 2. The first-order valence-electron chi connectivity index (χ1n) is 3.39. The normalized spacial score (nSPS) is 9.70. The van der Waals surface area contributed by atoms with Gasteiger partial charge in [0.2, 0.25) is 0 Å². The summed E-state index contributed by atoms with van der Waals surface area (Å²) in [6.45, 7) is 2.09. The molecule has 0 fully saturated rings. The minimum Gasteiger partial charge on any atom is -0.461 e. The average Bonchev–Trinajstić information content (AvgIpc) is 2.37. The number of aryl methyl sites for hydroxylation is 1. The van der Waals surface area contributed by atoms with E-state index in [2.05, 4.69) is 6.92 Å². The summed E-state index contributed by atoms with van der Waals surface area (Å²) in [5.74, 6) is 0.420. The molecule has 2 heteroatoms. The highest BCUT2D eigenvalue weighted by molar-refractivity contribution is 5.70. The van der Waals surface area contributed by atoms with E-state index in [0.717, 1.165) is 24.7 Å². The topological polar surface area (TPSA) is 30.2 Å². The summed E-state index contributed by atoms with van der Waals surface area (Å²) in [4.78, 5) is 10.1. The van der Waals surface area contributed by atoms with Crippen LogP contribution in [0.2, 0.25) is 0 Å². The van der Waals surface area contributed by atoms with Crippen molar-refractivity contribution < 1.29 is 9.21 Å². The van der Waals surface area contributed by atoms with E-state index >= 15 is 0 Å². The number of hydrogen-bond donors (Lipinski definition) is 0. The molecule has 54 valence electrons. The third-order valence-electron chi connectivity index (χ3n) is 1.33.